The molecule has 0 fully saturated rings. The Morgan fingerprint density at radius 3 is 3.22 bits per heavy atom. The van der Waals surface area contributed by atoms with Gasteiger partial charge in [0.2, 0.25) is 5.91 Å². The van der Waals surface area contributed by atoms with Gasteiger partial charge >= 0.3 is 0 Å². The lowest BCUT2D eigenvalue weighted by Crippen LogP contribution is -2.20. The topological polar surface area (TPSA) is 59.3 Å². The van der Waals surface area contributed by atoms with E-state index in [-0.39, 0.29) is 5.91 Å². The Morgan fingerprint density at radius 1 is 1.61 bits per heavy atom. The molecule has 0 saturated carbocycles. The summed E-state index contributed by atoms with van der Waals surface area (Å²) >= 11 is 5.82. The van der Waals surface area contributed by atoms with Crippen LogP contribution in [0.4, 0.5) is 0 Å². The van der Waals surface area contributed by atoms with Crippen LogP contribution in [0.1, 0.15) is 18.9 Å². The molecular weight excluding hydrogens is 252 g/mol. The first-order valence-corrected chi connectivity index (χ1v) is 5.78. The van der Waals surface area contributed by atoms with Gasteiger partial charge in [-0.2, -0.15) is 5.10 Å². The molecule has 1 amide bonds. The van der Waals surface area contributed by atoms with E-state index < -0.39 is 0 Å². The second-order valence-electron chi connectivity index (χ2n) is 3.61. The molecule has 2 aromatic heterocycles. The predicted octanol–water partition coefficient (Wildman–Crippen LogP) is 1.26. The molecule has 0 bridgehead atoms. The lowest BCUT2D eigenvalue weighted by molar-refractivity contribution is -0.118. The van der Waals surface area contributed by atoms with Crippen molar-refractivity contribution in [3.8, 4) is 11.8 Å². The molecule has 0 spiro atoms. The van der Waals surface area contributed by atoms with Crippen LogP contribution < -0.4 is 5.32 Å². The molecular formula is C12H11ClN4O. The van der Waals surface area contributed by atoms with Gasteiger partial charge in [-0.25, -0.2) is 9.50 Å². The van der Waals surface area contributed by atoms with Crippen molar-refractivity contribution >= 4 is 23.2 Å². The summed E-state index contributed by atoms with van der Waals surface area (Å²) in [4.78, 5) is 14.8. The molecule has 0 radical (unpaired) electrons. The van der Waals surface area contributed by atoms with Crippen molar-refractivity contribution in [2.45, 2.75) is 13.3 Å². The van der Waals surface area contributed by atoms with Crippen molar-refractivity contribution in [1.29, 1.82) is 0 Å². The highest BCUT2D eigenvalue weighted by atomic mass is 35.5. The number of rotatable bonds is 2. The molecule has 0 unspecified atom stereocenters. The second-order valence-corrected chi connectivity index (χ2v) is 4.00. The SMILES string of the molecule is CC(=O)NCCC#Cc1cnn2ccc(Cl)nc12. The molecule has 0 aliphatic rings. The van der Waals surface area contributed by atoms with Crippen LogP contribution in [0.3, 0.4) is 0 Å². The van der Waals surface area contributed by atoms with Crippen molar-refractivity contribution in [3.63, 3.8) is 0 Å². The van der Waals surface area contributed by atoms with E-state index in [0.29, 0.717) is 23.8 Å². The molecule has 0 aliphatic carbocycles. The van der Waals surface area contributed by atoms with Crippen molar-refractivity contribution in [3.05, 3.63) is 29.2 Å². The van der Waals surface area contributed by atoms with Crippen LogP contribution in [-0.2, 0) is 4.79 Å². The van der Waals surface area contributed by atoms with E-state index in [1.807, 2.05) is 0 Å². The normalized spacial score (nSPS) is 9.89. The van der Waals surface area contributed by atoms with Crippen molar-refractivity contribution in [2.24, 2.45) is 0 Å². The van der Waals surface area contributed by atoms with Gasteiger partial charge in [0.25, 0.3) is 0 Å². The number of nitrogens with one attached hydrogen (secondary N) is 1. The highest BCUT2D eigenvalue weighted by Crippen LogP contribution is 2.10. The van der Waals surface area contributed by atoms with Crippen LogP contribution in [0.5, 0.6) is 0 Å². The zero-order chi connectivity index (χ0) is 13.0. The summed E-state index contributed by atoms with van der Waals surface area (Å²) < 4.78 is 1.61. The number of amides is 1. The number of halogens is 1. The zero-order valence-corrected chi connectivity index (χ0v) is 10.5. The van der Waals surface area contributed by atoms with Crippen molar-refractivity contribution < 1.29 is 4.79 Å². The van der Waals surface area contributed by atoms with Crippen LogP contribution in [0.15, 0.2) is 18.5 Å². The fourth-order valence-electron chi connectivity index (χ4n) is 1.39. The van der Waals surface area contributed by atoms with Gasteiger partial charge in [-0.1, -0.05) is 23.4 Å². The van der Waals surface area contributed by atoms with E-state index in [2.05, 4.69) is 27.2 Å². The second kappa shape index (κ2) is 5.52. The summed E-state index contributed by atoms with van der Waals surface area (Å²) in [5.41, 5.74) is 1.36. The largest absolute Gasteiger partial charge is 0.355 e. The highest BCUT2D eigenvalue weighted by Gasteiger charge is 2.02. The summed E-state index contributed by atoms with van der Waals surface area (Å²) in [6, 6.07) is 1.66. The van der Waals surface area contributed by atoms with E-state index in [1.165, 1.54) is 6.92 Å². The maximum atomic E-state index is 10.7. The molecule has 2 rings (SSSR count). The molecule has 0 aromatic carbocycles. The van der Waals surface area contributed by atoms with E-state index in [4.69, 9.17) is 11.6 Å². The average Bonchev–Trinajstić information content (AvgIpc) is 2.71. The summed E-state index contributed by atoms with van der Waals surface area (Å²) in [6.45, 7) is 2.01. The zero-order valence-electron chi connectivity index (χ0n) is 9.77. The molecule has 1 N–H and O–H groups in total. The summed E-state index contributed by atoms with van der Waals surface area (Å²) in [5, 5.41) is 7.19. The first-order valence-electron chi connectivity index (χ1n) is 5.40. The van der Waals surface area contributed by atoms with Gasteiger partial charge in [0.15, 0.2) is 5.65 Å². The smallest absolute Gasteiger partial charge is 0.216 e. The van der Waals surface area contributed by atoms with Gasteiger partial charge in [0, 0.05) is 26.1 Å². The Hall–Kier alpha value is -2.06. The number of carbonyl (C=O) groups is 1. The third-order valence-electron chi connectivity index (χ3n) is 2.18. The average molecular weight is 263 g/mol. The Kier molecular flexibility index (Phi) is 3.80. The van der Waals surface area contributed by atoms with Gasteiger partial charge in [-0.3, -0.25) is 4.79 Å². The lowest BCUT2D eigenvalue weighted by atomic mass is 10.3. The van der Waals surface area contributed by atoms with E-state index in [1.54, 1.807) is 23.0 Å². The van der Waals surface area contributed by atoms with E-state index in [0.717, 1.165) is 5.56 Å². The van der Waals surface area contributed by atoms with Crippen LogP contribution >= 0.6 is 11.6 Å². The summed E-state index contributed by atoms with van der Waals surface area (Å²) in [5.74, 6) is 5.86. The number of nitrogens with zero attached hydrogens (tertiary/aromatic N) is 3. The van der Waals surface area contributed by atoms with Gasteiger partial charge < -0.3 is 5.32 Å². The molecule has 0 saturated heterocycles. The third kappa shape index (κ3) is 2.99. The maximum Gasteiger partial charge on any atom is 0.216 e. The summed E-state index contributed by atoms with van der Waals surface area (Å²) in [6.07, 6.45) is 3.95. The number of carbonyl (C=O) groups excluding carboxylic acids is 1. The summed E-state index contributed by atoms with van der Waals surface area (Å²) in [7, 11) is 0. The molecule has 6 heteroatoms. The fraction of sp³-hybridized carbons (Fsp3) is 0.250. The molecule has 92 valence electrons. The maximum absolute atomic E-state index is 10.7. The molecule has 0 atom stereocenters. The van der Waals surface area contributed by atoms with Crippen LogP contribution in [0.2, 0.25) is 5.15 Å². The fourth-order valence-corrected chi connectivity index (χ4v) is 1.53. The minimum Gasteiger partial charge on any atom is -0.355 e. The molecule has 0 aliphatic heterocycles. The quantitative estimate of drug-likeness (QED) is 0.504. The molecule has 18 heavy (non-hydrogen) atoms. The molecule has 2 aromatic rings. The number of hydrogen-bond acceptors (Lipinski definition) is 3. The van der Waals surface area contributed by atoms with E-state index in [9.17, 15) is 4.79 Å². The number of fused-ring (bicyclic) bond motifs is 1. The van der Waals surface area contributed by atoms with E-state index >= 15 is 0 Å². The van der Waals surface area contributed by atoms with Crippen LogP contribution in [0.25, 0.3) is 5.65 Å². The van der Waals surface area contributed by atoms with Crippen molar-refractivity contribution in [1.82, 2.24) is 19.9 Å². The Morgan fingerprint density at radius 2 is 2.44 bits per heavy atom. The van der Waals surface area contributed by atoms with Gasteiger partial charge in [0.1, 0.15) is 5.15 Å². The Balaban J connectivity index is 2.10. The van der Waals surface area contributed by atoms with Crippen molar-refractivity contribution in [2.75, 3.05) is 6.54 Å². The minimum absolute atomic E-state index is 0.0544. The van der Waals surface area contributed by atoms with Crippen LogP contribution in [-0.4, -0.2) is 27.0 Å². The third-order valence-corrected chi connectivity index (χ3v) is 2.39. The van der Waals surface area contributed by atoms with Gasteiger partial charge in [0.05, 0.1) is 11.8 Å². The first-order chi connectivity index (χ1) is 8.66. The highest BCUT2D eigenvalue weighted by molar-refractivity contribution is 6.29. The number of hydrogen-bond donors (Lipinski definition) is 1. The monoisotopic (exact) mass is 262 g/mol. The Labute approximate surface area is 109 Å². The number of aromatic nitrogens is 3. The minimum atomic E-state index is -0.0544. The standard InChI is InChI=1S/C12H11ClN4O/c1-9(18)14-6-3-2-4-10-8-15-17-7-5-11(13)16-12(10)17/h5,7-8H,3,6H2,1H3,(H,14,18). The lowest BCUT2D eigenvalue weighted by Gasteiger charge is -1.94. The molecule has 2 heterocycles. The van der Waals surface area contributed by atoms with Gasteiger partial charge in [-0.15, -0.1) is 0 Å². The first kappa shape index (κ1) is 12.4. The molecule has 5 nitrogen and oxygen atoms in total. The van der Waals surface area contributed by atoms with Crippen LogP contribution in [0, 0.1) is 11.8 Å². The van der Waals surface area contributed by atoms with Gasteiger partial charge in [-0.05, 0) is 6.07 Å². The Bertz CT molecular complexity index is 638. The predicted molar refractivity (Wildman–Crippen MR) is 68.2 cm³/mol.